The third kappa shape index (κ3) is 7.26. The van der Waals surface area contributed by atoms with Crippen LogP contribution in [0.4, 0.5) is 10.5 Å². The van der Waals surface area contributed by atoms with Crippen LogP contribution in [-0.2, 0) is 17.6 Å². The maximum atomic E-state index is 13.1. The largest absolute Gasteiger partial charge is 0.404 e. The molecule has 0 saturated carbocycles. The number of pyridine rings is 1. The number of aromatic nitrogens is 1. The molecule has 8 nitrogen and oxygen atoms in total. The molecule has 182 valence electrons. The van der Waals surface area contributed by atoms with E-state index in [9.17, 15) is 14.7 Å². The third-order valence-electron chi connectivity index (χ3n) is 5.53. The molecule has 0 fully saturated rings. The lowest BCUT2D eigenvalue weighted by molar-refractivity contribution is -0.120. The second kappa shape index (κ2) is 11.0. The van der Waals surface area contributed by atoms with Gasteiger partial charge in [0.1, 0.15) is 11.6 Å². The minimum Gasteiger partial charge on any atom is -0.404 e. The van der Waals surface area contributed by atoms with Crippen molar-refractivity contribution in [3.8, 4) is 11.8 Å². The third-order valence-corrected chi connectivity index (χ3v) is 5.53. The summed E-state index contributed by atoms with van der Waals surface area (Å²) in [4.78, 5) is 35.3. The number of aliphatic hydroxyl groups is 1. The quantitative estimate of drug-likeness (QED) is 0.466. The number of nitrogens with zero attached hydrogens (tertiary/aromatic N) is 3. The summed E-state index contributed by atoms with van der Waals surface area (Å²) >= 11 is 0. The molecule has 0 saturated heterocycles. The first-order valence-electron chi connectivity index (χ1n) is 11.4. The van der Waals surface area contributed by atoms with E-state index in [1.807, 2.05) is 37.3 Å². The van der Waals surface area contributed by atoms with Crippen molar-refractivity contribution >= 4 is 23.8 Å². The highest BCUT2D eigenvalue weighted by Crippen LogP contribution is 2.27. The average Bonchev–Trinajstić information content (AvgIpc) is 2.93. The first kappa shape index (κ1) is 25.7. The Morgan fingerprint density at radius 3 is 2.80 bits per heavy atom. The maximum absolute atomic E-state index is 13.1. The maximum Gasteiger partial charge on any atom is 0.341 e. The number of amides is 3. The zero-order valence-corrected chi connectivity index (χ0v) is 20.5. The zero-order chi connectivity index (χ0) is 25.6. The molecule has 2 heterocycles. The fourth-order valence-corrected chi connectivity index (χ4v) is 3.61. The predicted molar refractivity (Wildman–Crippen MR) is 137 cm³/mol. The van der Waals surface area contributed by atoms with Gasteiger partial charge in [0, 0.05) is 42.8 Å². The summed E-state index contributed by atoms with van der Waals surface area (Å²) < 4.78 is 0. The lowest BCUT2D eigenvalue weighted by Crippen LogP contribution is -2.46. The number of aliphatic imine (C=N–C) groups is 1. The highest BCUT2D eigenvalue weighted by Gasteiger charge is 2.29. The van der Waals surface area contributed by atoms with Gasteiger partial charge in [0.15, 0.2) is 0 Å². The van der Waals surface area contributed by atoms with Gasteiger partial charge in [-0.1, -0.05) is 24.0 Å². The van der Waals surface area contributed by atoms with E-state index in [2.05, 4.69) is 27.1 Å². The number of aryl methyl sites for hydroxylation is 2. The summed E-state index contributed by atoms with van der Waals surface area (Å²) in [6.07, 6.45) is 6.10. The van der Waals surface area contributed by atoms with Crippen LogP contribution in [-0.4, -0.2) is 46.9 Å². The number of allylic oxidation sites excluding steroid dienone is 1. The van der Waals surface area contributed by atoms with E-state index in [1.165, 1.54) is 17.3 Å². The van der Waals surface area contributed by atoms with Gasteiger partial charge in [0.2, 0.25) is 5.91 Å². The van der Waals surface area contributed by atoms with Gasteiger partial charge < -0.3 is 21.1 Å². The monoisotopic (exact) mass is 473 g/mol. The van der Waals surface area contributed by atoms with Gasteiger partial charge in [-0.05, 0) is 74.7 Å². The number of fused-ring (bicyclic) bond motifs is 1. The summed E-state index contributed by atoms with van der Waals surface area (Å²) in [7, 11) is 1.67. The molecule has 1 aliphatic rings. The first-order chi connectivity index (χ1) is 16.6. The number of anilines is 1. The summed E-state index contributed by atoms with van der Waals surface area (Å²) in [6, 6.07) is 8.14. The van der Waals surface area contributed by atoms with E-state index in [4.69, 9.17) is 5.73 Å². The summed E-state index contributed by atoms with van der Waals surface area (Å²) in [6.45, 7) is 5.13. The number of hydrogen-bond acceptors (Lipinski definition) is 5. The number of benzene rings is 1. The molecule has 1 aliphatic heterocycles. The molecule has 1 aromatic heterocycles. The standard InChI is InChI=1S/C27H31N5O3/c1-18-5-6-20(16-29-18)13-21(15-28)17-30-26(34)31-23-10-9-22-8-7-19(11-12-27(2,3)35)14-24(22)32(4)25(23)33/h5-8,14-17,23,35H,9-10,13,28H2,1-4H3,(H,31,34)/t23-/m1/s1. The van der Waals surface area contributed by atoms with Crippen LogP contribution in [0, 0.1) is 18.8 Å². The predicted octanol–water partition coefficient (Wildman–Crippen LogP) is 2.66. The first-order valence-corrected chi connectivity index (χ1v) is 11.4. The molecule has 35 heavy (non-hydrogen) atoms. The molecule has 1 aromatic carbocycles. The van der Waals surface area contributed by atoms with Crippen molar-refractivity contribution in [2.45, 2.75) is 51.7 Å². The SMILES string of the molecule is Cc1ccc(CC(C=NC(=O)N[C@@H]2CCc3ccc(C#CC(C)(C)O)cc3N(C)C2=O)=CN)cn1. The van der Waals surface area contributed by atoms with Crippen LogP contribution >= 0.6 is 0 Å². The lowest BCUT2D eigenvalue weighted by Gasteiger charge is -2.21. The Morgan fingerprint density at radius 1 is 1.37 bits per heavy atom. The van der Waals surface area contributed by atoms with E-state index in [0.717, 1.165) is 22.5 Å². The van der Waals surface area contributed by atoms with Crippen LogP contribution in [0.15, 0.2) is 53.3 Å². The molecule has 0 spiro atoms. The second-order valence-electron chi connectivity index (χ2n) is 9.07. The van der Waals surface area contributed by atoms with Crippen molar-refractivity contribution in [2.24, 2.45) is 10.7 Å². The summed E-state index contributed by atoms with van der Waals surface area (Å²) in [5.74, 6) is 5.48. The molecule has 0 radical (unpaired) electrons. The van der Waals surface area contributed by atoms with E-state index >= 15 is 0 Å². The number of carbonyl (C=O) groups excluding carboxylic acids is 2. The van der Waals surface area contributed by atoms with Gasteiger partial charge in [-0.3, -0.25) is 9.78 Å². The molecule has 1 atom stereocenters. The number of nitrogens with two attached hydrogens (primary N) is 1. The number of rotatable bonds is 4. The molecule has 3 rings (SSSR count). The van der Waals surface area contributed by atoms with Gasteiger partial charge in [0.25, 0.3) is 0 Å². The number of nitrogens with one attached hydrogen (secondary N) is 1. The fraction of sp³-hybridized carbons (Fsp3) is 0.333. The normalized spacial score (nSPS) is 16.4. The van der Waals surface area contributed by atoms with Gasteiger partial charge in [0.05, 0.1) is 0 Å². The van der Waals surface area contributed by atoms with Gasteiger partial charge in [-0.15, -0.1) is 0 Å². The molecule has 0 aliphatic carbocycles. The Hall–Kier alpha value is -3.96. The summed E-state index contributed by atoms with van der Waals surface area (Å²) in [5.41, 5.74) is 9.52. The Labute approximate surface area is 206 Å². The van der Waals surface area contributed by atoms with Crippen molar-refractivity contribution in [2.75, 3.05) is 11.9 Å². The van der Waals surface area contributed by atoms with Crippen LogP contribution in [0.2, 0.25) is 0 Å². The second-order valence-corrected chi connectivity index (χ2v) is 9.07. The van der Waals surface area contributed by atoms with Crippen LogP contribution < -0.4 is 16.0 Å². The zero-order valence-electron chi connectivity index (χ0n) is 20.5. The Morgan fingerprint density at radius 2 is 2.14 bits per heavy atom. The van der Waals surface area contributed by atoms with Crippen molar-refractivity contribution in [1.29, 1.82) is 0 Å². The minimum atomic E-state index is -1.11. The van der Waals surface area contributed by atoms with E-state index in [0.29, 0.717) is 30.4 Å². The van der Waals surface area contributed by atoms with Crippen molar-refractivity contribution in [3.63, 3.8) is 0 Å². The number of likely N-dealkylation sites (N-methyl/N-ethyl adjacent to an activating group) is 1. The molecule has 8 heteroatoms. The Balaban J connectivity index is 1.67. The molecular weight excluding hydrogens is 442 g/mol. The smallest absolute Gasteiger partial charge is 0.341 e. The highest BCUT2D eigenvalue weighted by atomic mass is 16.3. The highest BCUT2D eigenvalue weighted by molar-refractivity contribution is 6.01. The van der Waals surface area contributed by atoms with Gasteiger partial charge in [-0.25, -0.2) is 9.79 Å². The van der Waals surface area contributed by atoms with Crippen LogP contribution in [0.3, 0.4) is 0 Å². The van der Waals surface area contributed by atoms with Crippen LogP contribution in [0.1, 0.15) is 42.7 Å². The molecule has 2 aromatic rings. The Bertz CT molecular complexity index is 1210. The van der Waals surface area contributed by atoms with E-state index in [-0.39, 0.29) is 5.91 Å². The number of urea groups is 1. The molecular formula is C27H31N5O3. The Kier molecular flexibility index (Phi) is 8.05. The van der Waals surface area contributed by atoms with Crippen LogP contribution in [0.5, 0.6) is 0 Å². The van der Waals surface area contributed by atoms with Gasteiger partial charge >= 0.3 is 6.03 Å². The van der Waals surface area contributed by atoms with E-state index < -0.39 is 17.7 Å². The van der Waals surface area contributed by atoms with E-state index in [1.54, 1.807) is 27.1 Å². The molecule has 4 N–H and O–H groups in total. The molecule has 0 unspecified atom stereocenters. The fourth-order valence-electron chi connectivity index (χ4n) is 3.61. The minimum absolute atomic E-state index is 0.236. The molecule has 3 amide bonds. The summed E-state index contributed by atoms with van der Waals surface area (Å²) in [5, 5.41) is 12.6. The lowest BCUT2D eigenvalue weighted by atomic mass is 10.0. The van der Waals surface area contributed by atoms with Crippen LogP contribution in [0.25, 0.3) is 0 Å². The topological polar surface area (TPSA) is 121 Å². The van der Waals surface area contributed by atoms with Gasteiger partial charge in [-0.2, -0.15) is 0 Å². The average molecular weight is 474 g/mol. The molecule has 0 bridgehead atoms. The number of hydrogen-bond donors (Lipinski definition) is 3. The number of carbonyl (C=O) groups is 2. The van der Waals surface area contributed by atoms with Crippen molar-refractivity contribution < 1.29 is 14.7 Å². The van der Waals surface area contributed by atoms with Crippen molar-refractivity contribution in [3.05, 3.63) is 70.7 Å². The van der Waals surface area contributed by atoms with Crippen molar-refractivity contribution in [1.82, 2.24) is 10.3 Å².